The minimum Gasteiger partial charge on any atom is -0.464 e. The van der Waals surface area contributed by atoms with Crippen LogP contribution in [0.5, 0.6) is 0 Å². The number of nitrogens with zero attached hydrogens (tertiary/aromatic N) is 2. The molecule has 0 saturated carbocycles. The molecule has 5 heteroatoms. The Hall–Kier alpha value is -1.97. The highest BCUT2D eigenvalue weighted by Crippen LogP contribution is 2.26. The molecule has 0 amide bonds. The summed E-state index contributed by atoms with van der Waals surface area (Å²) in [4.78, 5) is 8.35. The van der Waals surface area contributed by atoms with Crippen molar-refractivity contribution in [2.24, 2.45) is 9.98 Å². The van der Waals surface area contributed by atoms with Gasteiger partial charge >= 0.3 is 0 Å². The number of furan rings is 1. The standard InChI is InChI=1S/C12H9N3OS/c17-7-15-8-1-2-11-9(5-8)10(6-16-11)12-13-3-4-14-12/h1-2,5-6H,3-4H2,(H,13,14). The smallest absolute Gasteiger partial charge is 0.134 e. The first-order valence-corrected chi connectivity index (χ1v) is 5.67. The molecule has 2 aromatic rings. The summed E-state index contributed by atoms with van der Waals surface area (Å²) in [6.07, 6.45) is 1.72. The van der Waals surface area contributed by atoms with E-state index in [9.17, 15) is 0 Å². The van der Waals surface area contributed by atoms with E-state index in [0.717, 1.165) is 41.1 Å². The average Bonchev–Trinajstić information content (AvgIpc) is 2.96. The first-order chi connectivity index (χ1) is 8.38. The van der Waals surface area contributed by atoms with Gasteiger partial charge in [0, 0.05) is 11.9 Å². The maximum absolute atomic E-state index is 5.49. The van der Waals surface area contributed by atoms with Gasteiger partial charge in [-0.2, -0.15) is 4.99 Å². The number of hydrogen-bond donors (Lipinski definition) is 1. The maximum Gasteiger partial charge on any atom is 0.134 e. The zero-order chi connectivity index (χ0) is 11.7. The molecule has 3 rings (SSSR count). The number of amidine groups is 1. The van der Waals surface area contributed by atoms with Gasteiger partial charge in [-0.05, 0) is 30.4 Å². The minimum atomic E-state index is 0.772. The lowest BCUT2D eigenvalue weighted by atomic mass is 10.1. The van der Waals surface area contributed by atoms with Crippen molar-refractivity contribution in [3.05, 3.63) is 30.0 Å². The summed E-state index contributed by atoms with van der Waals surface area (Å²) < 4.78 is 5.49. The SMILES string of the molecule is S=C=Nc1ccc2occ(C3=NCCN3)c2c1. The number of nitrogens with one attached hydrogen (secondary N) is 1. The zero-order valence-electron chi connectivity index (χ0n) is 8.93. The van der Waals surface area contributed by atoms with Crippen LogP contribution in [0.2, 0.25) is 0 Å². The van der Waals surface area contributed by atoms with Crippen LogP contribution in [0.1, 0.15) is 5.56 Å². The van der Waals surface area contributed by atoms with Crippen molar-refractivity contribution in [2.45, 2.75) is 0 Å². The summed E-state index contributed by atoms with van der Waals surface area (Å²) in [6.45, 7) is 1.68. The Morgan fingerprint density at radius 2 is 2.41 bits per heavy atom. The second-order valence-corrected chi connectivity index (χ2v) is 3.87. The van der Waals surface area contributed by atoms with Crippen LogP contribution in [0.4, 0.5) is 5.69 Å². The van der Waals surface area contributed by atoms with E-state index in [0.29, 0.717) is 0 Å². The normalized spacial score (nSPS) is 14.2. The summed E-state index contributed by atoms with van der Waals surface area (Å²) >= 11 is 4.60. The predicted molar refractivity (Wildman–Crippen MR) is 70.3 cm³/mol. The van der Waals surface area contributed by atoms with Crippen LogP contribution in [0.15, 0.2) is 38.9 Å². The van der Waals surface area contributed by atoms with Crippen molar-refractivity contribution in [3.63, 3.8) is 0 Å². The van der Waals surface area contributed by atoms with E-state index >= 15 is 0 Å². The Balaban J connectivity index is 2.18. The van der Waals surface area contributed by atoms with Crippen LogP contribution >= 0.6 is 12.2 Å². The molecule has 0 aliphatic carbocycles. The Bertz CT molecular complexity index is 653. The van der Waals surface area contributed by atoms with Gasteiger partial charge in [0.05, 0.1) is 23.0 Å². The lowest BCUT2D eigenvalue weighted by Gasteiger charge is -1.99. The van der Waals surface area contributed by atoms with Gasteiger partial charge in [-0.1, -0.05) is 0 Å². The molecule has 1 aliphatic heterocycles. The van der Waals surface area contributed by atoms with Crippen LogP contribution in [0.3, 0.4) is 0 Å². The molecule has 17 heavy (non-hydrogen) atoms. The molecule has 0 atom stereocenters. The summed E-state index contributed by atoms with van der Waals surface area (Å²) in [5.41, 5.74) is 2.56. The van der Waals surface area contributed by atoms with E-state index in [4.69, 9.17) is 4.42 Å². The highest BCUT2D eigenvalue weighted by atomic mass is 32.1. The lowest BCUT2D eigenvalue weighted by Crippen LogP contribution is -2.18. The molecular formula is C12H9N3OS. The number of rotatable bonds is 2. The highest BCUT2D eigenvalue weighted by molar-refractivity contribution is 7.78. The van der Waals surface area contributed by atoms with E-state index < -0.39 is 0 Å². The van der Waals surface area contributed by atoms with E-state index in [1.54, 1.807) is 6.26 Å². The Labute approximate surface area is 103 Å². The van der Waals surface area contributed by atoms with Gasteiger partial charge in [0.25, 0.3) is 0 Å². The number of aliphatic imine (C=N–C) groups is 2. The summed E-state index contributed by atoms with van der Waals surface area (Å²) in [6, 6.07) is 5.65. The molecule has 0 radical (unpaired) electrons. The first kappa shape index (κ1) is 10.2. The van der Waals surface area contributed by atoms with Gasteiger partial charge in [-0.15, -0.1) is 0 Å². The van der Waals surface area contributed by atoms with Gasteiger partial charge in [-0.25, -0.2) is 0 Å². The van der Waals surface area contributed by atoms with Crippen molar-refractivity contribution < 1.29 is 4.42 Å². The fourth-order valence-electron chi connectivity index (χ4n) is 1.90. The summed E-state index contributed by atoms with van der Waals surface area (Å²) in [7, 11) is 0. The number of benzene rings is 1. The molecule has 1 N–H and O–H groups in total. The molecule has 1 aromatic heterocycles. The molecule has 4 nitrogen and oxygen atoms in total. The fraction of sp³-hybridized carbons (Fsp3) is 0.167. The summed E-state index contributed by atoms with van der Waals surface area (Å²) in [5, 5.41) is 6.58. The van der Waals surface area contributed by atoms with E-state index in [1.165, 1.54) is 0 Å². The van der Waals surface area contributed by atoms with Crippen LogP contribution in [-0.4, -0.2) is 24.1 Å². The van der Waals surface area contributed by atoms with Crippen LogP contribution in [-0.2, 0) is 0 Å². The summed E-state index contributed by atoms with van der Waals surface area (Å²) in [5.74, 6) is 0.882. The lowest BCUT2D eigenvalue weighted by molar-refractivity contribution is 0.615. The third-order valence-electron chi connectivity index (χ3n) is 2.66. The van der Waals surface area contributed by atoms with E-state index in [-0.39, 0.29) is 0 Å². The molecule has 0 saturated heterocycles. The molecule has 1 aliphatic rings. The molecule has 0 fully saturated rings. The van der Waals surface area contributed by atoms with E-state index in [2.05, 4.69) is 32.7 Å². The van der Waals surface area contributed by atoms with Crippen LogP contribution in [0.25, 0.3) is 11.0 Å². The number of fused-ring (bicyclic) bond motifs is 1. The molecule has 0 bridgehead atoms. The number of isothiocyanates is 1. The first-order valence-electron chi connectivity index (χ1n) is 5.26. The largest absolute Gasteiger partial charge is 0.464 e. The van der Waals surface area contributed by atoms with E-state index in [1.807, 2.05) is 18.2 Å². The molecule has 2 heterocycles. The van der Waals surface area contributed by atoms with Crippen molar-refractivity contribution >= 4 is 39.9 Å². The quantitative estimate of drug-likeness (QED) is 0.651. The van der Waals surface area contributed by atoms with Gasteiger partial charge in [0.15, 0.2) is 0 Å². The zero-order valence-corrected chi connectivity index (χ0v) is 9.75. The van der Waals surface area contributed by atoms with Crippen molar-refractivity contribution in [2.75, 3.05) is 13.1 Å². The van der Waals surface area contributed by atoms with Gasteiger partial charge in [0.2, 0.25) is 0 Å². The van der Waals surface area contributed by atoms with Gasteiger partial charge in [-0.3, -0.25) is 4.99 Å². The highest BCUT2D eigenvalue weighted by Gasteiger charge is 2.14. The van der Waals surface area contributed by atoms with Crippen LogP contribution < -0.4 is 5.32 Å². The topological polar surface area (TPSA) is 49.9 Å². The predicted octanol–water partition coefficient (Wildman–Crippen LogP) is 2.52. The average molecular weight is 243 g/mol. The Kier molecular flexibility index (Phi) is 2.48. The number of hydrogen-bond acceptors (Lipinski definition) is 5. The molecule has 84 valence electrons. The van der Waals surface area contributed by atoms with Crippen molar-refractivity contribution in [3.8, 4) is 0 Å². The molecule has 0 spiro atoms. The monoisotopic (exact) mass is 243 g/mol. The van der Waals surface area contributed by atoms with Crippen molar-refractivity contribution in [1.29, 1.82) is 0 Å². The van der Waals surface area contributed by atoms with Gasteiger partial charge in [0.1, 0.15) is 17.7 Å². The fourth-order valence-corrected chi connectivity index (χ4v) is 2.01. The maximum atomic E-state index is 5.49. The minimum absolute atomic E-state index is 0.772. The second kappa shape index (κ2) is 4.13. The number of thiocarbonyl (C=S) groups is 1. The Morgan fingerprint density at radius 1 is 1.47 bits per heavy atom. The molecular weight excluding hydrogens is 234 g/mol. The molecule has 0 unspecified atom stereocenters. The third-order valence-corrected chi connectivity index (χ3v) is 2.75. The van der Waals surface area contributed by atoms with Crippen LogP contribution in [0, 0.1) is 0 Å². The van der Waals surface area contributed by atoms with Gasteiger partial charge < -0.3 is 9.73 Å². The van der Waals surface area contributed by atoms with Crippen molar-refractivity contribution in [1.82, 2.24) is 5.32 Å². The second-order valence-electron chi connectivity index (χ2n) is 3.69. The molecule has 1 aromatic carbocycles. The Morgan fingerprint density at radius 3 is 3.18 bits per heavy atom. The third kappa shape index (κ3) is 1.75.